The Morgan fingerprint density at radius 3 is 1.94 bits per heavy atom. The van der Waals surface area contributed by atoms with Crippen molar-refractivity contribution >= 4 is 39.6 Å². The van der Waals surface area contributed by atoms with Gasteiger partial charge in [-0.2, -0.15) is 0 Å². The summed E-state index contributed by atoms with van der Waals surface area (Å²) in [6.45, 7) is 1.72. The second-order valence-corrected chi connectivity index (χ2v) is 12.1. The molecule has 1 aliphatic rings. The first-order valence-electron chi connectivity index (χ1n) is 16.3. The molecule has 1 heterocycles. The van der Waals surface area contributed by atoms with E-state index in [0.29, 0.717) is 5.56 Å². The summed E-state index contributed by atoms with van der Waals surface area (Å²) < 4.78 is 0. The topological polar surface area (TPSA) is 61.4 Å². The number of piperidine rings is 1. The number of para-hydroxylation sites is 1. The third-order valence-corrected chi connectivity index (χ3v) is 9.24. The van der Waals surface area contributed by atoms with Gasteiger partial charge in [-0.3, -0.25) is 9.59 Å². The maximum absolute atomic E-state index is 13.6. The molecule has 0 aromatic heterocycles. The quantitative estimate of drug-likeness (QED) is 0.179. The maximum Gasteiger partial charge on any atom is 0.256 e. The normalized spacial score (nSPS) is 14.0. The van der Waals surface area contributed by atoms with Crippen LogP contribution in [0.2, 0.25) is 0 Å². The molecule has 0 bridgehead atoms. The highest BCUT2D eigenvalue weighted by atomic mass is 16.2. The van der Waals surface area contributed by atoms with Crippen LogP contribution >= 0.6 is 0 Å². The zero-order valence-corrected chi connectivity index (χ0v) is 26.2. The Hall–Kier alpha value is -5.68. The second kappa shape index (κ2) is 13.8. The summed E-state index contributed by atoms with van der Waals surface area (Å²) in [5.74, 6) is -0.0728. The van der Waals surface area contributed by atoms with Crippen LogP contribution in [0, 0.1) is 5.92 Å². The second-order valence-electron chi connectivity index (χ2n) is 12.1. The highest BCUT2D eigenvalue weighted by molar-refractivity contribution is 6.11. The predicted molar refractivity (Wildman–Crippen MR) is 193 cm³/mol. The van der Waals surface area contributed by atoms with E-state index < -0.39 is 0 Å². The standard InChI is InChI=1S/C42H37N3O2/c46-41(39-20-10-9-19-38(39)37-21-11-15-30-12-7-8-18-36(30)37)43-34-22-24-35(25-23-34)45-28-26-32(27-29-45)40(31-13-3-1-4-14-31)42(47)44-33-16-5-2-6-17-33/h1-25,32,40H,26-29H2,(H,43,46)(H,44,47). The molecule has 6 aromatic rings. The number of nitrogens with one attached hydrogen (secondary N) is 2. The van der Waals surface area contributed by atoms with Gasteiger partial charge in [0.15, 0.2) is 0 Å². The fourth-order valence-corrected chi connectivity index (χ4v) is 6.86. The minimum atomic E-state index is -0.215. The van der Waals surface area contributed by atoms with Crippen LogP contribution in [0.3, 0.4) is 0 Å². The van der Waals surface area contributed by atoms with Crippen molar-refractivity contribution in [2.75, 3.05) is 28.6 Å². The summed E-state index contributed by atoms with van der Waals surface area (Å²) in [6.07, 6.45) is 1.82. The van der Waals surface area contributed by atoms with E-state index in [0.717, 1.165) is 70.5 Å². The molecule has 0 aliphatic carbocycles. The van der Waals surface area contributed by atoms with Crippen LogP contribution in [0.5, 0.6) is 0 Å². The molecule has 7 rings (SSSR count). The molecule has 47 heavy (non-hydrogen) atoms. The van der Waals surface area contributed by atoms with Gasteiger partial charge in [-0.15, -0.1) is 0 Å². The minimum absolute atomic E-state index is 0.0444. The summed E-state index contributed by atoms with van der Waals surface area (Å²) >= 11 is 0. The highest BCUT2D eigenvalue weighted by Gasteiger charge is 2.33. The minimum Gasteiger partial charge on any atom is -0.372 e. The zero-order valence-electron chi connectivity index (χ0n) is 26.2. The lowest BCUT2D eigenvalue weighted by Crippen LogP contribution is -2.38. The van der Waals surface area contributed by atoms with Crippen LogP contribution in [0.1, 0.15) is 34.7 Å². The van der Waals surface area contributed by atoms with Crippen molar-refractivity contribution < 1.29 is 9.59 Å². The molecule has 0 saturated carbocycles. The number of nitrogens with zero attached hydrogens (tertiary/aromatic N) is 1. The Kier molecular flexibility index (Phi) is 8.78. The van der Waals surface area contributed by atoms with Gasteiger partial charge in [-0.05, 0) is 88.7 Å². The van der Waals surface area contributed by atoms with E-state index in [1.165, 1.54) is 0 Å². The third-order valence-electron chi connectivity index (χ3n) is 9.24. The van der Waals surface area contributed by atoms with Gasteiger partial charge in [0.1, 0.15) is 0 Å². The van der Waals surface area contributed by atoms with Gasteiger partial charge in [-0.1, -0.05) is 109 Å². The van der Waals surface area contributed by atoms with Gasteiger partial charge in [-0.25, -0.2) is 0 Å². The molecule has 1 saturated heterocycles. The van der Waals surface area contributed by atoms with Crippen LogP contribution in [0.4, 0.5) is 17.1 Å². The molecule has 2 amide bonds. The number of benzene rings is 6. The molecule has 6 aromatic carbocycles. The molecular weight excluding hydrogens is 578 g/mol. The van der Waals surface area contributed by atoms with Crippen molar-refractivity contribution in [3.05, 3.63) is 163 Å². The van der Waals surface area contributed by atoms with E-state index in [1.807, 2.05) is 103 Å². The molecule has 0 spiro atoms. The Balaban J connectivity index is 1.02. The smallest absolute Gasteiger partial charge is 0.256 e. The van der Waals surface area contributed by atoms with Crippen molar-refractivity contribution in [3.8, 4) is 11.1 Å². The van der Waals surface area contributed by atoms with Crippen LogP contribution in [0.25, 0.3) is 21.9 Å². The van der Waals surface area contributed by atoms with E-state index in [1.54, 1.807) is 0 Å². The maximum atomic E-state index is 13.6. The molecule has 1 unspecified atom stereocenters. The van der Waals surface area contributed by atoms with Crippen molar-refractivity contribution in [2.45, 2.75) is 18.8 Å². The molecular formula is C42H37N3O2. The fraction of sp³-hybridized carbons (Fsp3) is 0.143. The number of carbonyl (C=O) groups excluding carboxylic acids is 2. The Morgan fingerprint density at radius 2 is 1.17 bits per heavy atom. The highest BCUT2D eigenvalue weighted by Crippen LogP contribution is 2.36. The third kappa shape index (κ3) is 6.66. The summed E-state index contributed by atoms with van der Waals surface area (Å²) in [6, 6.07) is 50.2. The van der Waals surface area contributed by atoms with Crippen LogP contribution in [-0.2, 0) is 4.79 Å². The molecule has 5 heteroatoms. The number of rotatable bonds is 8. The van der Waals surface area contributed by atoms with Gasteiger partial charge in [0.25, 0.3) is 5.91 Å². The predicted octanol–water partition coefficient (Wildman–Crippen LogP) is 9.40. The van der Waals surface area contributed by atoms with Crippen LogP contribution in [-0.4, -0.2) is 24.9 Å². The molecule has 2 N–H and O–H groups in total. The lowest BCUT2D eigenvalue weighted by Gasteiger charge is -2.37. The van der Waals surface area contributed by atoms with Gasteiger partial charge in [0, 0.05) is 35.7 Å². The number of hydrogen-bond acceptors (Lipinski definition) is 3. The molecule has 5 nitrogen and oxygen atoms in total. The van der Waals surface area contributed by atoms with Gasteiger partial charge in [0.2, 0.25) is 5.91 Å². The number of carbonyl (C=O) groups is 2. The van der Waals surface area contributed by atoms with E-state index >= 15 is 0 Å². The Labute approximate surface area is 275 Å². The van der Waals surface area contributed by atoms with Crippen molar-refractivity contribution in [2.24, 2.45) is 5.92 Å². The van der Waals surface area contributed by atoms with Gasteiger partial charge in [0.05, 0.1) is 5.92 Å². The van der Waals surface area contributed by atoms with Crippen molar-refractivity contribution in [1.29, 1.82) is 0 Å². The molecule has 1 fully saturated rings. The Bertz CT molecular complexity index is 1980. The first kappa shape index (κ1) is 30.0. The first-order chi connectivity index (χ1) is 23.1. The monoisotopic (exact) mass is 615 g/mol. The summed E-state index contributed by atoms with van der Waals surface area (Å²) in [4.78, 5) is 29.5. The number of amides is 2. The largest absolute Gasteiger partial charge is 0.372 e. The van der Waals surface area contributed by atoms with Gasteiger partial charge < -0.3 is 15.5 Å². The summed E-state index contributed by atoms with van der Waals surface area (Å²) in [7, 11) is 0. The van der Waals surface area contributed by atoms with Crippen LogP contribution < -0.4 is 15.5 Å². The van der Waals surface area contributed by atoms with Crippen LogP contribution in [0.15, 0.2) is 152 Å². The fourth-order valence-electron chi connectivity index (χ4n) is 6.86. The molecule has 0 radical (unpaired) electrons. The summed E-state index contributed by atoms with van der Waals surface area (Å²) in [5, 5.41) is 8.53. The van der Waals surface area contributed by atoms with E-state index in [4.69, 9.17) is 0 Å². The van der Waals surface area contributed by atoms with Crippen molar-refractivity contribution in [3.63, 3.8) is 0 Å². The molecule has 232 valence electrons. The van der Waals surface area contributed by atoms with E-state index in [-0.39, 0.29) is 23.7 Å². The number of anilines is 3. The number of hydrogen-bond donors (Lipinski definition) is 2. The van der Waals surface area contributed by atoms with Gasteiger partial charge >= 0.3 is 0 Å². The average molecular weight is 616 g/mol. The average Bonchev–Trinajstić information content (AvgIpc) is 3.13. The lowest BCUT2D eigenvalue weighted by molar-refractivity contribution is -0.119. The van der Waals surface area contributed by atoms with E-state index in [9.17, 15) is 9.59 Å². The lowest BCUT2D eigenvalue weighted by atomic mass is 9.79. The zero-order chi connectivity index (χ0) is 32.0. The van der Waals surface area contributed by atoms with Crippen molar-refractivity contribution in [1.82, 2.24) is 0 Å². The summed E-state index contributed by atoms with van der Waals surface area (Å²) in [5.41, 5.74) is 6.33. The molecule has 1 aliphatic heterocycles. The van der Waals surface area contributed by atoms with E-state index in [2.05, 4.69) is 64.1 Å². The number of fused-ring (bicyclic) bond motifs is 1. The SMILES string of the molecule is O=C(Nc1ccc(N2CCC(C(C(=O)Nc3ccccc3)c3ccccc3)CC2)cc1)c1ccccc1-c1cccc2ccccc12. The first-order valence-corrected chi connectivity index (χ1v) is 16.3. The molecule has 1 atom stereocenters. The Morgan fingerprint density at radius 1 is 0.574 bits per heavy atom.